The molecule has 0 radical (unpaired) electrons. The second-order valence-corrected chi connectivity index (χ2v) is 5.45. The summed E-state index contributed by atoms with van der Waals surface area (Å²) in [7, 11) is 1.71. The number of esters is 1. The Labute approximate surface area is 137 Å². The van der Waals surface area contributed by atoms with Crippen molar-refractivity contribution in [2.75, 3.05) is 20.2 Å². The first kappa shape index (κ1) is 18.8. The molecule has 0 atom stereocenters. The Morgan fingerprint density at radius 1 is 1.22 bits per heavy atom. The number of hydrogen-bond donors (Lipinski definition) is 1. The van der Waals surface area contributed by atoms with Crippen LogP contribution in [-0.4, -0.2) is 43.2 Å². The fourth-order valence-corrected chi connectivity index (χ4v) is 1.93. The SMILES string of the molecule is CCOc1ccc(CN(C)C(=O)NCCC(=O)OC(C)C)cc1. The molecular formula is C17H26N2O4. The minimum Gasteiger partial charge on any atom is -0.494 e. The average molecular weight is 322 g/mol. The van der Waals surface area contributed by atoms with Crippen LogP contribution in [0.2, 0.25) is 0 Å². The van der Waals surface area contributed by atoms with Gasteiger partial charge in [0.2, 0.25) is 0 Å². The summed E-state index contributed by atoms with van der Waals surface area (Å²) in [5.74, 6) is 0.501. The summed E-state index contributed by atoms with van der Waals surface area (Å²) in [4.78, 5) is 24.9. The van der Waals surface area contributed by atoms with Gasteiger partial charge in [-0.3, -0.25) is 4.79 Å². The van der Waals surface area contributed by atoms with Gasteiger partial charge in [0.15, 0.2) is 0 Å². The number of amides is 2. The molecule has 2 amide bonds. The van der Waals surface area contributed by atoms with E-state index in [0.717, 1.165) is 11.3 Å². The second kappa shape index (κ2) is 9.71. The van der Waals surface area contributed by atoms with Crippen molar-refractivity contribution in [2.24, 2.45) is 0 Å². The van der Waals surface area contributed by atoms with E-state index in [-0.39, 0.29) is 31.1 Å². The van der Waals surface area contributed by atoms with Crippen LogP contribution in [0.15, 0.2) is 24.3 Å². The maximum atomic E-state index is 12.0. The van der Waals surface area contributed by atoms with Gasteiger partial charge in [-0.15, -0.1) is 0 Å². The normalized spacial score (nSPS) is 10.3. The molecule has 0 fully saturated rings. The Kier molecular flexibility index (Phi) is 7.94. The van der Waals surface area contributed by atoms with Gasteiger partial charge in [0.05, 0.1) is 19.1 Å². The highest BCUT2D eigenvalue weighted by atomic mass is 16.5. The Balaban J connectivity index is 2.34. The predicted molar refractivity (Wildman–Crippen MR) is 88.3 cm³/mol. The molecule has 0 heterocycles. The molecule has 0 aromatic heterocycles. The molecule has 0 saturated heterocycles. The van der Waals surface area contributed by atoms with Crippen LogP contribution >= 0.6 is 0 Å². The van der Waals surface area contributed by atoms with Crippen LogP contribution in [0.1, 0.15) is 32.8 Å². The Morgan fingerprint density at radius 3 is 2.43 bits per heavy atom. The van der Waals surface area contributed by atoms with E-state index in [1.54, 1.807) is 25.8 Å². The molecule has 0 saturated carbocycles. The number of benzene rings is 1. The molecule has 0 bridgehead atoms. The summed E-state index contributed by atoms with van der Waals surface area (Å²) in [6.07, 6.45) is 0.0291. The Morgan fingerprint density at radius 2 is 1.87 bits per heavy atom. The second-order valence-electron chi connectivity index (χ2n) is 5.45. The molecule has 1 rings (SSSR count). The predicted octanol–water partition coefficient (Wildman–Crippen LogP) is 2.57. The monoisotopic (exact) mass is 322 g/mol. The summed E-state index contributed by atoms with van der Waals surface area (Å²) in [6, 6.07) is 7.39. The summed E-state index contributed by atoms with van der Waals surface area (Å²) in [5.41, 5.74) is 1.00. The third kappa shape index (κ3) is 7.54. The number of nitrogens with one attached hydrogen (secondary N) is 1. The summed E-state index contributed by atoms with van der Waals surface area (Å²) < 4.78 is 10.4. The fourth-order valence-electron chi connectivity index (χ4n) is 1.93. The van der Waals surface area contributed by atoms with Gasteiger partial charge < -0.3 is 19.7 Å². The zero-order chi connectivity index (χ0) is 17.2. The number of ether oxygens (including phenoxy) is 2. The van der Waals surface area contributed by atoms with E-state index in [2.05, 4.69) is 5.32 Å². The summed E-state index contributed by atoms with van der Waals surface area (Å²) in [6.45, 7) is 6.89. The lowest BCUT2D eigenvalue weighted by molar-refractivity contribution is -0.147. The average Bonchev–Trinajstić information content (AvgIpc) is 2.48. The lowest BCUT2D eigenvalue weighted by atomic mass is 10.2. The largest absolute Gasteiger partial charge is 0.494 e. The van der Waals surface area contributed by atoms with Crippen molar-refractivity contribution >= 4 is 12.0 Å². The van der Waals surface area contributed by atoms with Crippen LogP contribution in [0.5, 0.6) is 5.75 Å². The molecule has 6 nitrogen and oxygen atoms in total. The van der Waals surface area contributed by atoms with Crippen molar-refractivity contribution in [1.29, 1.82) is 0 Å². The van der Waals surface area contributed by atoms with Gasteiger partial charge in [0.25, 0.3) is 0 Å². The maximum Gasteiger partial charge on any atom is 0.317 e. The van der Waals surface area contributed by atoms with Crippen molar-refractivity contribution in [3.05, 3.63) is 29.8 Å². The lowest BCUT2D eigenvalue weighted by Crippen LogP contribution is -2.38. The molecule has 6 heteroatoms. The molecule has 0 aliphatic heterocycles. The number of urea groups is 1. The number of hydrogen-bond acceptors (Lipinski definition) is 4. The van der Waals surface area contributed by atoms with Gasteiger partial charge in [-0.25, -0.2) is 4.79 Å². The van der Waals surface area contributed by atoms with Gasteiger partial charge in [0.1, 0.15) is 5.75 Å². The van der Waals surface area contributed by atoms with Crippen LogP contribution in [-0.2, 0) is 16.1 Å². The molecule has 0 aliphatic rings. The van der Waals surface area contributed by atoms with Gasteiger partial charge >= 0.3 is 12.0 Å². The molecular weight excluding hydrogens is 296 g/mol. The third-order valence-electron chi connectivity index (χ3n) is 2.97. The lowest BCUT2D eigenvalue weighted by Gasteiger charge is -2.18. The van der Waals surface area contributed by atoms with Crippen LogP contribution < -0.4 is 10.1 Å². The Hall–Kier alpha value is -2.24. The van der Waals surface area contributed by atoms with Crippen LogP contribution in [0.4, 0.5) is 4.79 Å². The van der Waals surface area contributed by atoms with E-state index < -0.39 is 0 Å². The first-order valence-electron chi connectivity index (χ1n) is 7.82. The topological polar surface area (TPSA) is 67.9 Å². The molecule has 0 spiro atoms. The van der Waals surface area contributed by atoms with E-state index in [1.807, 2.05) is 31.2 Å². The van der Waals surface area contributed by atoms with E-state index in [1.165, 1.54) is 0 Å². The van der Waals surface area contributed by atoms with E-state index >= 15 is 0 Å². The van der Waals surface area contributed by atoms with Crippen LogP contribution in [0.3, 0.4) is 0 Å². The first-order valence-corrected chi connectivity index (χ1v) is 7.82. The van der Waals surface area contributed by atoms with E-state index in [0.29, 0.717) is 13.2 Å². The molecule has 128 valence electrons. The number of carbonyl (C=O) groups is 2. The summed E-state index contributed by atoms with van der Waals surface area (Å²) in [5, 5.41) is 2.70. The minimum absolute atomic E-state index is 0.138. The van der Waals surface area contributed by atoms with E-state index in [4.69, 9.17) is 9.47 Å². The van der Waals surface area contributed by atoms with Gasteiger partial charge in [-0.05, 0) is 38.5 Å². The smallest absolute Gasteiger partial charge is 0.317 e. The summed E-state index contributed by atoms with van der Waals surface area (Å²) >= 11 is 0. The van der Waals surface area contributed by atoms with Crippen molar-refractivity contribution in [3.63, 3.8) is 0 Å². The molecule has 0 aliphatic carbocycles. The van der Waals surface area contributed by atoms with Gasteiger partial charge in [-0.2, -0.15) is 0 Å². The molecule has 0 unspecified atom stereocenters. The van der Waals surface area contributed by atoms with Crippen molar-refractivity contribution in [3.8, 4) is 5.75 Å². The molecule has 1 aromatic carbocycles. The first-order chi connectivity index (χ1) is 10.9. The van der Waals surface area contributed by atoms with Crippen LogP contribution in [0.25, 0.3) is 0 Å². The fraction of sp³-hybridized carbons (Fsp3) is 0.529. The van der Waals surface area contributed by atoms with E-state index in [9.17, 15) is 9.59 Å². The standard InChI is InChI=1S/C17H26N2O4/c1-5-22-15-8-6-14(7-9-15)12-19(4)17(21)18-11-10-16(20)23-13(2)3/h6-9,13H,5,10-12H2,1-4H3,(H,18,21). The highest BCUT2D eigenvalue weighted by Gasteiger charge is 2.10. The van der Waals surface area contributed by atoms with Crippen molar-refractivity contribution in [2.45, 2.75) is 39.8 Å². The quantitative estimate of drug-likeness (QED) is 0.747. The zero-order valence-electron chi connectivity index (χ0n) is 14.3. The maximum absolute atomic E-state index is 12.0. The number of rotatable bonds is 8. The number of carbonyl (C=O) groups excluding carboxylic acids is 2. The third-order valence-corrected chi connectivity index (χ3v) is 2.97. The highest BCUT2D eigenvalue weighted by Crippen LogP contribution is 2.13. The molecule has 1 aromatic rings. The Bertz CT molecular complexity index is 500. The number of nitrogens with zero attached hydrogens (tertiary/aromatic N) is 1. The van der Waals surface area contributed by atoms with Crippen LogP contribution in [0, 0.1) is 0 Å². The van der Waals surface area contributed by atoms with Crippen molar-refractivity contribution < 1.29 is 19.1 Å². The van der Waals surface area contributed by atoms with Crippen molar-refractivity contribution in [1.82, 2.24) is 10.2 Å². The molecule has 1 N–H and O–H groups in total. The highest BCUT2D eigenvalue weighted by molar-refractivity contribution is 5.75. The van der Waals surface area contributed by atoms with Gasteiger partial charge in [0, 0.05) is 20.1 Å². The molecule has 23 heavy (non-hydrogen) atoms. The zero-order valence-corrected chi connectivity index (χ0v) is 14.3. The van der Waals surface area contributed by atoms with Gasteiger partial charge in [-0.1, -0.05) is 12.1 Å². The minimum atomic E-state index is -0.311.